The fourth-order valence-electron chi connectivity index (χ4n) is 4.44. The van der Waals surface area contributed by atoms with Crippen LogP contribution in [-0.2, 0) is 20.9 Å². The molecule has 1 spiro atoms. The van der Waals surface area contributed by atoms with Crippen molar-refractivity contribution in [3.05, 3.63) is 30.1 Å². The van der Waals surface area contributed by atoms with Crippen LogP contribution in [0.15, 0.2) is 24.5 Å². The van der Waals surface area contributed by atoms with E-state index in [2.05, 4.69) is 4.98 Å². The smallest absolute Gasteiger partial charge is 0.230 e. The zero-order chi connectivity index (χ0) is 17.3. The van der Waals surface area contributed by atoms with Crippen molar-refractivity contribution in [3.8, 4) is 0 Å². The van der Waals surface area contributed by atoms with Crippen LogP contribution in [-0.4, -0.2) is 59.4 Å². The second-order valence-corrected chi connectivity index (χ2v) is 7.54. The molecule has 3 saturated heterocycles. The second-order valence-electron chi connectivity index (χ2n) is 7.54. The Balaban J connectivity index is 1.44. The van der Waals surface area contributed by atoms with Gasteiger partial charge in [-0.3, -0.25) is 14.6 Å². The van der Waals surface area contributed by atoms with Gasteiger partial charge < -0.3 is 14.5 Å². The predicted octanol–water partition coefficient (Wildman–Crippen LogP) is 1.46. The summed E-state index contributed by atoms with van der Waals surface area (Å²) in [5, 5.41) is 0. The standard InChI is InChI=1S/C19H25N3O3/c23-17(16-4-10-25-13-16)22-8-2-5-19(14-22)6-9-21(18(19)24)12-15-3-1-7-20-11-15/h1,3,7,11,16H,2,4-6,8-10,12-14H2. The van der Waals surface area contributed by atoms with Gasteiger partial charge in [0.15, 0.2) is 0 Å². The Bertz CT molecular complexity index is 645. The topological polar surface area (TPSA) is 62.7 Å². The van der Waals surface area contributed by atoms with E-state index in [1.807, 2.05) is 28.1 Å². The summed E-state index contributed by atoms with van der Waals surface area (Å²) < 4.78 is 5.36. The van der Waals surface area contributed by atoms with Gasteiger partial charge >= 0.3 is 0 Å². The number of carbonyl (C=O) groups is 2. The summed E-state index contributed by atoms with van der Waals surface area (Å²) >= 11 is 0. The molecule has 0 aromatic carbocycles. The van der Waals surface area contributed by atoms with E-state index in [0.29, 0.717) is 26.3 Å². The number of hydrogen-bond acceptors (Lipinski definition) is 4. The average molecular weight is 343 g/mol. The first-order valence-electron chi connectivity index (χ1n) is 9.23. The molecule has 6 nitrogen and oxygen atoms in total. The number of likely N-dealkylation sites (tertiary alicyclic amines) is 2. The van der Waals surface area contributed by atoms with Crippen LogP contribution in [0.2, 0.25) is 0 Å². The lowest BCUT2D eigenvalue weighted by atomic mass is 9.78. The molecule has 0 bridgehead atoms. The summed E-state index contributed by atoms with van der Waals surface area (Å²) in [6.45, 7) is 3.93. The summed E-state index contributed by atoms with van der Waals surface area (Å²) in [6.07, 6.45) is 7.01. The highest BCUT2D eigenvalue weighted by Crippen LogP contribution is 2.41. The number of aromatic nitrogens is 1. The van der Waals surface area contributed by atoms with Crippen LogP contribution >= 0.6 is 0 Å². The number of nitrogens with zero attached hydrogens (tertiary/aromatic N) is 3. The lowest BCUT2D eigenvalue weighted by Gasteiger charge is -2.40. The first-order chi connectivity index (χ1) is 12.2. The zero-order valence-corrected chi connectivity index (χ0v) is 14.5. The van der Waals surface area contributed by atoms with Crippen molar-refractivity contribution >= 4 is 11.8 Å². The van der Waals surface area contributed by atoms with Crippen LogP contribution in [0.25, 0.3) is 0 Å². The average Bonchev–Trinajstić information content (AvgIpc) is 3.28. The third kappa shape index (κ3) is 3.15. The van der Waals surface area contributed by atoms with Crippen molar-refractivity contribution in [3.63, 3.8) is 0 Å². The van der Waals surface area contributed by atoms with Crippen molar-refractivity contribution in [1.82, 2.24) is 14.8 Å². The van der Waals surface area contributed by atoms with Gasteiger partial charge in [0, 0.05) is 45.2 Å². The quantitative estimate of drug-likeness (QED) is 0.834. The lowest BCUT2D eigenvalue weighted by molar-refractivity contribution is -0.145. The monoisotopic (exact) mass is 343 g/mol. The molecule has 0 N–H and O–H groups in total. The van der Waals surface area contributed by atoms with Gasteiger partial charge in [0.05, 0.1) is 17.9 Å². The largest absolute Gasteiger partial charge is 0.381 e. The molecular weight excluding hydrogens is 318 g/mol. The van der Waals surface area contributed by atoms with Crippen molar-refractivity contribution in [2.24, 2.45) is 11.3 Å². The van der Waals surface area contributed by atoms with Crippen LogP contribution in [0.4, 0.5) is 0 Å². The second kappa shape index (κ2) is 6.75. The molecular formula is C19H25N3O3. The number of pyridine rings is 1. The number of piperidine rings is 1. The fourth-order valence-corrected chi connectivity index (χ4v) is 4.44. The first kappa shape index (κ1) is 16.5. The zero-order valence-electron chi connectivity index (χ0n) is 14.5. The fraction of sp³-hybridized carbons (Fsp3) is 0.632. The molecule has 2 atom stereocenters. The molecule has 4 rings (SSSR count). The molecule has 0 radical (unpaired) electrons. The van der Waals surface area contributed by atoms with Crippen molar-refractivity contribution in [2.45, 2.75) is 32.2 Å². The summed E-state index contributed by atoms with van der Waals surface area (Å²) in [5.74, 6) is 0.366. The number of amides is 2. The normalized spacial score (nSPS) is 29.6. The van der Waals surface area contributed by atoms with Gasteiger partial charge in [-0.15, -0.1) is 0 Å². The predicted molar refractivity (Wildman–Crippen MR) is 91.4 cm³/mol. The van der Waals surface area contributed by atoms with Gasteiger partial charge in [0.2, 0.25) is 11.8 Å². The Morgan fingerprint density at radius 3 is 3.04 bits per heavy atom. The van der Waals surface area contributed by atoms with E-state index in [4.69, 9.17) is 4.74 Å². The lowest BCUT2D eigenvalue weighted by Crippen LogP contribution is -2.51. The van der Waals surface area contributed by atoms with Gasteiger partial charge in [0.1, 0.15) is 0 Å². The molecule has 4 heterocycles. The van der Waals surface area contributed by atoms with E-state index in [9.17, 15) is 9.59 Å². The van der Waals surface area contributed by atoms with Crippen LogP contribution < -0.4 is 0 Å². The first-order valence-corrected chi connectivity index (χ1v) is 9.23. The van der Waals surface area contributed by atoms with Crippen molar-refractivity contribution in [2.75, 3.05) is 32.8 Å². The van der Waals surface area contributed by atoms with Gasteiger partial charge in [-0.05, 0) is 37.3 Å². The summed E-state index contributed by atoms with van der Waals surface area (Å²) in [5.41, 5.74) is 0.676. The summed E-state index contributed by atoms with van der Waals surface area (Å²) in [7, 11) is 0. The van der Waals surface area contributed by atoms with Crippen LogP contribution in [0.5, 0.6) is 0 Å². The van der Waals surface area contributed by atoms with Gasteiger partial charge in [0.25, 0.3) is 0 Å². The van der Waals surface area contributed by atoms with Crippen LogP contribution in [0, 0.1) is 11.3 Å². The number of ether oxygens (including phenoxy) is 1. The number of rotatable bonds is 3. The van der Waals surface area contributed by atoms with Gasteiger partial charge in [-0.1, -0.05) is 6.07 Å². The number of carbonyl (C=O) groups excluding carboxylic acids is 2. The SMILES string of the molecule is O=C(C1CCOC1)N1CCCC2(CCN(Cc3cccnc3)C2=O)C1. The number of hydrogen-bond donors (Lipinski definition) is 0. The third-order valence-electron chi connectivity index (χ3n) is 5.86. The Labute approximate surface area is 148 Å². The minimum atomic E-state index is -0.379. The van der Waals surface area contributed by atoms with Crippen molar-refractivity contribution < 1.29 is 14.3 Å². The molecule has 25 heavy (non-hydrogen) atoms. The highest BCUT2D eigenvalue weighted by molar-refractivity contribution is 5.87. The van der Waals surface area contributed by atoms with Crippen LogP contribution in [0.3, 0.4) is 0 Å². The molecule has 3 aliphatic heterocycles. The van der Waals surface area contributed by atoms with E-state index >= 15 is 0 Å². The van der Waals surface area contributed by atoms with E-state index < -0.39 is 0 Å². The minimum absolute atomic E-state index is 0.0156. The van der Waals surface area contributed by atoms with Crippen LogP contribution in [0.1, 0.15) is 31.2 Å². The van der Waals surface area contributed by atoms with Crippen molar-refractivity contribution in [1.29, 1.82) is 0 Å². The van der Waals surface area contributed by atoms with Gasteiger partial charge in [-0.25, -0.2) is 0 Å². The Morgan fingerprint density at radius 2 is 2.28 bits per heavy atom. The highest BCUT2D eigenvalue weighted by Gasteiger charge is 2.50. The van der Waals surface area contributed by atoms with E-state index in [0.717, 1.165) is 44.3 Å². The summed E-state index contributed by atoms with van der Waals surface area (Å²) in [6, 6.07) is 3.90. The Morgan fingerprint density at radius 1 is 1.36 bits per heavy atom. The molecule has 0 aliphatic carbocycles. The maximum Gasteiger partial charge on any atom is 0.230 e. The van der Waals surface area contributed by atoms with E-state index in [-0.39, 0.29) is 23.1 Å². The molecule has 1 aromatic rings. The molecule has 0 saturated carbocycles. The summed E-state index contributed by atoms with van der Waals surface area (Å²) in [4.78, 5) is 33.8. The maximum absolute atomic E-state index is 13.1. The van der Waals surface area contributed by atoms with E-state index in [1.54, 1.807) is 6.20 Å². The Kier molecular flexibility index (Phi) is 4.46. The molecule has 134 valence electrons. The maximum atomic E-state index is 13.1. The van der Waals surface area contributed by atoms with Gasteiger partial charge in [-0.2, -0.15) is 0 Å². The molecule has 3 aliphatic rings. The molecule has 2 amide bonds. The minimum Gasteiger partial charge on any atom is -0.381 e. The molecule has 1 aromatic heterocycles. The molecule has 3 fully saturated rings. The third-order valence-corrected chi connectivity index (χ3v) is 5.86. The highest BCUT2D eigenvalue weighted by atomic mass is 16.5. The van der Waals surface area contributed by atoms with E-state index in [1.165, 1.54) is 0 Å². The molecule has 6 heteroatoms. The molecule has 2 unspecified atom stereocenters. The Hall–Kier alpha value is -1.95.